The molecule has 0 aliphatic heterocycles. The van der Waals surface area contributed by atoms with E-state index in [4.69, 9.17) is 5.73 Å². The van der Waals surface area contributed by atoms with Gasteiger partial charge in [-0.3, -0.25) is 0 Å². The Morgan fingerprint density at radius 2 is 2.00 bits per heavy atom. The average Bonchev–Trinajstić information content (AvgIpc) is 2.53. The lowest BCUT2D eigenvalue weighted by Crippen LogP contribution is -1.94. The van der Waals surface area contributed by atoms with Gasteiger partial charge in [-0.1, -0.05) is 0 Å². The minimum absolute atomic E-state index is 0.450. The van der Waals surface area contributed by atoms with Gasteiger partial charge in [0.2, 0.25) is 0 Å². The van der Waals surface area contributed by atoms with Crippen molar-refractivity contribution in [2.24, 2.45) is 0 Å². The fraction of sp³-hybridized carbons (Fsp3) is 0.125. The zero-order chi connectivity index (χ0) is 9.26. The zero-order valence-electron chi connectivity index (χ0n) is 7.06. The molecule has 13 heavy (non-hydrogen) atoms. The third kappa shape index (κ3) is 1.50. The van der Waals surface area contributed by atoms with Crippen molar-refractivity contribution in [3.8, 4) is 10.6 Å². The quantitative estimate of drug-likeness (QED) is 0.743. The average molecular weight is 192 g/mol. The van der Waals surface area contributed by atoms with Crippen LogP contribution in [0, 0.1) is 6.92 Å². The van der Waals surface area contributed by atoms with Crippen molar-refractivity contribution in [1.82, 2.24) is 15.0 Å². The fourth-order valence-corrected chi connectivity index (χ4v) is 1.79. The van der Waals surface area contributed by atoms with Gasteiger partial charge >= 0.3 is 0 Å². The molecule has 0 radical (unpaired) electrons. The SMILES string of the molecule is Cc1ncc(-c2nccnc2N)s1. The molecule has 0 saturated carbocycles. The van der Waals surface area contributed by atoms with Crippen molar-refractivity contribution in [3.05, 3.63) is 23.6 Å². The lowest BCUT2D eigenvalue weighted by atomic mass is 10.4. The molecule has 0 unspecified atom stereocenters. The second-order valence-electron chi connectivity index (χ2n) is 2.53. The highest BCUT2D eigenvalue weighted by atomic mass is 32.1. The van der Waals surface area contributed by atoms with Crippen LogP contribution in [-0.2, 0) is 0 Å². The molecule has 2 N–H and O–H groups in total. The van der Waals surface area contributed by atoms with E-state index in [0.717, 1.165) is 9.88 Å². The first-order valence-electron chi connectivity index (χ1n) is 3.76. The smallest absolute Gasteiger partial charge is 0.150 e. The number of thiazole rings is 1. The summed E-state index contributed by atoms with van der Waals surface area (Å²) >= 11 is 1.56. The molecule has 0 saturated heterocycles. The number of nitrogens with two attached hydrogens (primary N) is 1. The summed E-state index contributed by atoms with van der Waals surface area (Å²) in [6.07, 6.45) is 4.97. The van der Waals surface area contributed by atoms with Crippen molar-refractivity contribution in [2.75, 3.05) is 5.73 Å². The number of aromatic nitrogens is 3. The molecule has 2 heterocycles. The molecule has 2 aromatic rings. The van der Waals surface area contributed by atoms with Crippen LogP contribution in [0.3, 0.4) is 0 Å². The molecule has 0 atom stereocenters. The Morgan fingerprint density at radius 1 is 1.23 bits per heavy atom. The Morgan fingerprint density at radius 3 is 2.62 bits per heavy atom. The summed E-state index contributed by atoms with van der Waals surface area (Å²) in [4.78, 5) is 13.2. The summed E-state index contributed by atoms with van der Waals surface area (Å²) in [5, 5.41) is 1.00. The van der Waals surface area contributed by atoms with E-state index >= 15 is 0 Å². The molecule has 0 aliphatic rings. The lowest BCUT2D eigenvalue weighted by Gasteiger charge is -1.97. The molecular formula is C8H8N4S. The summed E-state index contributed by atoms with van der Waals surface area (Å²) in [7, 11) is 0. The summed E-state index contributed by atoms with van der Waals surface area (Å²) in [5.41, 5.74) is 6.38. The van der Waals surface area contributed by atoms with Crippen LogP contribution in [-0.4, -0.2) is 15.0 Å². The first-order chi connectivity index (χ1) is 6.27. The fourth-order valence-electron chi connectivity index (χ4n) is 1.01. The third-order valence-electron chi connectivity index (χ3n) is 1.58. The molecule has 0 bridgehead atoms. The number of rotatable bonds is 1. The van der Waals surface area contributed by atoms with Gasteiger partial charge in [-0.2, -0.15) is 0 Å². The Balaban J connectivity index is 2.52. The minimum Gasteiger partial charge on any atom is -0.382 e. The summed E-state index contributed by atoms with van der Waals surface area (Å²) < 4.78 is 0. The lowest BCUT2D eigenvalue weighted by molar-refractivity contribution is 1.22. The van der Waals surface area contributed by atoms with E-state index in [0.29, 0.717) is 11.5 Å². The van der Waals surface area contributed by atoms with Gasteiger partial charge in [0, 0.05) is 18.6 Å². The van der Waals surface area contributed by atoms with Crippen LogP contribution >= 0.6 is 11.3 Å². The molecule has 4 nitrogen and oxygen atoms in total. The second-order valence-corrected chi connectivity index (χ2v) is 3.77. The van der Waals surface area contributed by atoms with E-state index in [1.807, 2.05) is 6.92 Å². The molecule has 2 aromatic heterocycles. The molecular weight excluding hydrogens is 184 g/mol. The van der Waals surface area contributed by atoms with Crippen molar-refractivity contribution in [2.45, 2.75) is 6.92 Å². The van der Waals surface area contributed by atoms with Crippen molar-refractivity contribution >= 4 is 17.2 Å². The predicted molar refractivity (Wildman–Crippen MR) is 52.3 cm³/mol. The van der Waals surface area contributed by atoms with Crippen molar-refractivity contribution in [1.29, 1.82) is 0 Å². The summed E-state index contributed by atoms with van der Waals surface area (Å²) in [5.74, 6) is 0.450. The van der Waals surface area contributed by atoms with Gasteiger partial charge in [0.05, 0.1) is 9.88 Å². The van der Waals surface area contributed by atoms with Crippen LogP contribution in [0.25, 0.3) is 10.6 Å². The number of nitrogens with zero attached hydrogens (tertiary/aromatic N) is 3. The Hall–Kier alpha value is -1.49. The molecule has 5 heteroatoms. The first kappa shape index (κ1) is 8.12. The van der Waals surface area contributed by atoms with Gasteiger partial charge in [0.1, 0.15) is 5.69 Å². The highest BCUT2D eigenvalue weighted by Crippen LogP contribution is 2.26. The number of hydrogen-bond donors (Lipinski definition) is 1. The monoisotopic (exact) mass is 192 g/mol. The van der Waals surface area contributed by atoms with E-state index in [9.17, 15) is 0 Å². The van der Waals surface area contributed by atoms with E-state index in [1.165, 1.54) is 0 Å². The standard InChI is InChI=1S/C8H8N4S/c1-5-12-4-6(13-5)7-8(9)11-3-2-10-7/h2-4H,1H3,(H2,9,11). The molecule has 0 aliphatic carbocycles. The van der Waals surface area contributed by atoms with Gasteiger partial charge in [0.25, 0.3) is 0 Å². The maximum absolute atomic E-state index is 5.67. The van der Waals surface area contributed by atoms with Crippen LogP contribution in [0.15, 0.2) is 18.6 Å². The van der Waals surface area contributed by atoms with Crippen molar-refractivity contribution in [3.63, 3.8) is 0 Å². The number of nitrogen functional groups attached to an aromatic ring is 1. The topological polar surface area (TPSA) is 64.7 Å². The van der Waals surface area contributed by atoms with Crippen LogP contribution in [0.4, 0.5) is 5.82 Å². The molecule has 66 valence electrons. The van der Waals surface area contributed by atoms with Crippen molar-refractivity contribution < 1.29 is 0 Å². The van der Waals surface area contributed by atoms with E-state index in [2.05, 4.69) is 15.0 Å². The number of hydrogen-bond acceptors (Lipinski definition) is 5. The van der Waals surface area contributed by atoms with Gasteiger partial charge in [-0.25, -0.2) is 15.0 Å². The largest absolute Gasteiger partial charge is 0.382 e. The maximum atomic E-state index is 5.67. The second kappa shape index (κ2) is 3.10. The third-order valence-corrected chi connectivity index (χ3v) is 2.50. The van der Waals surface area contributed by atoms with Crippen LogP contribution in [0.1, 0.15) is 5.01 Å². The van der Waals surface area contributed by atoms with E-state index in [-0.39, 0.29) is 0 Å². The molecule has 2 rings (SSSR count). The molecule has 0 spiro atoms. The van der Waals surface area contributed by atoms with Gasteiger partial charge in [-0.15, -0.1) is 11.3 Å². The van der Waals surface area contributed by atoms with Gasteiger partial charge in [0.15, 0.2) is 5.82 Å². The molecule has 0 fully saturated rings. The van der Waals surface area contributed by atoms with E-state index < -0.39 is 0 Å². The normalized spacial score (nSPS) is 10.2. The minimum atomic E-state index is 0.450. The van der Waals surface area contributed by atoms with Gasteiger partial charge < -0.3 is 5.73 Å². The van der Waals surface area contributed by atoms with Crippen LogP contribution < -0.4 is 5.73 Å². The number of anilines is 1. The summed E-state index contributed by atoms with van der Waals surface area (Å²) in [6.45, 7) is 1.95. The number of aryl methyl sites for hydroxylation is 1. The predicted octanol–water partition coefficient (Wildman–Crippen LogP) is 1.49. The maximum Gasteiger partial charge on any atom is 0.150 e. The van der Waals surface area contributed by atoms with E-state index in [1.54, 1.807) is 29.9 Å². The Kier molecular flexibility index (Phi) is 1.94. The molecule has 0 aromatic carbocycles. The highest BCUT2D eigenvalue weighted by molar-refractivity contribution is 7.15. The van der Waals surface area contributed by atoms with Crippen LogP contribution in [0.5, 0.6) is 0 Å². The van der Waals surface area contributed by atoms with Crippen LogP contribution in [0.2, 0.25) is 0 Å². The summed E-state index contributed by atoms with van der Waals surface area (Å²) in [6, 6.07) is 0. The Bertz CT molecular complexity index is 424. The zero-order valence-corrected chi connectivity index (χ0v) is 7.88. The molecule has 0 amide bonds. The first-order valence-corrected chi connectivity index (χ1v) is 4.58. The van der Waals surface area contributed by atoms with Gasteiger partial charge in [-0.05, 0) is 6.92 Å². The Labute approximate surface area is 79.5 Å². The highest BCUT2D eigenvalue weighted by Gasteiger charge is 2.06.